The molecule has 0 spiro atoms. The molecular formula is C35H35N11O. The van der Waals surface area contributed by atoms with Crippen molar-refractivity contribution < 1.29 is 4.79 Å². The van der Waals surface area contributed by atoms with E-state index in [-0.39, 0.29) is 18.1 Å². The van der Waals surface area contributed by atoms with Crippen molar-refractivity contribution in [3.05, 3.63) is 108 Å². The summed E-state index contributed by atoms with van der Waals surface area (Å²) in [6.45, 7) is 1.68. The van der Waals surface area contributed by atoms with Gasteiger partial charge in [0.2, 0.25) is 5.95 Å². The van der Waals surface area contributed by atoms with Crippen LogP contribution in [0.3, 0.4) is 0 Å². The summed E-state index contributed by atoms with van der Waals surface area (Å²) in [6, 6.07) is 19.9. The van der Waals surface area contributed by atoms with Gasteiger partial charge in [-0.3, -0.25) is 14.6 Å². The van der Waals surface area contributed by atoms with Crippen LogP contribution in [0.5, 0.6) is 0 Å². The first-order valence-corrected chi connectivity index (χ1v) is 15.8. The highest BCUT2D eigenvalue weighted by molar-refractivity contribution is 5.91. The van der Waals surface area contributed by atoms with E-state index in [0.29, 0.717) is 42.8 Å². The number of anilines is 3. The molecule has 0 radical (unpaired) electrons. The van der Waals surface area contributed by atoms with Gasteiger partial charge >= 0.3 is 6.03 Å². The number of nitrogens with zero attached hydrogens (tertiary/aromatic N) is 9. The van der Waals surface area contributed by atoms with Crippen molar-refractivity contribution in [2.45, 2.75) is 57.4 Å². The third-order valence-corrected chi connectivity index (χ3v) is 8.81. The van der Waals surface area contributed by atoms with Crippen LogP contribution >= 0.6 is 0 Å². The van der Waals surface area contributed by atoms with Crippen molar-refractivity contribution in [1.29, 1.82) is 5.26 Å². The highest BCUT2D eigenvalue weighted by Gasteiger charge is 2.32. The zero-order valence-electron chi connectivity index (χ0n) is 26.1. The molecule has 0 saturated heterocycles. The van der Waals surface area contributed by atoms with Gasteiger partial charge in [0.25, 0.3) is 0 Å². The van der Waals surface area contributed by atoms with Gasteiger partial charge in [-0.25, -0.2) is 14.8 Å². The maximum atomic E-state index is 13.7. The van der Waals surface area contributed by atoms with Crippen molar-refractivity contribution in [3.8, 4) is 17.2 Å². The minimum absolute atomic E-state index is 0.0337. The van der Waals surface area contributed by atoms with Gasteiger partial charge in [0.15, 0.2) is 5.82 Å². The van der Waals surface area contributed by atoms with Crippen LogP contribution in [0.1, 0.15) is 48.1 Å². The van der Waals surface area contributed by atoms with Gasteiger partial charge < -0.3 is 15.5 Å². The molecule has 5 heterocycles. The van der Waals surface area contributed by atoms with Gasteiger partial charge in [0.1, 0.15) is 17.5 Å². The molecule has 1 aromatic carbocycles. The summed E-state index contributed by atoms with van der Waals surface area (Å²) in [5.74, 6) is 1.72. The Labute approximate surface area is 273 Å². The lowest BCUT2D eigenvalue weighted by molar-refractivity contribution is 0.240. The van der Waals surface area contributed by atoms with Crippen molar-refractivity contribution >= 4 is 23.6 Å². The summed E-state index contributed by atoms with van der Waals surface area (Å²) in [7, 11) is 1.88. The second-order valence-electron chi connectivity index (χ2n) is 12.0. The van der Waals surface area contributed by atoms with E-state index in [1.807, 2.05) is 66.7 Å². The molecule has 1 saturated carbocycles. The van der Waals surface area contributed by atoms with E-state index >= 15 is 0 Å². The van der Waals surface area contributed by atoms with Crippen molar-refractivity contribution in [2.75, 3.05) is 15.1 Å². The summed E-state index contributed by atoms with van der Waals surface area (Å²) in [5.41, 5.74) is 5.52. The summed E-state index contributed by atoms with van der Waals surface area (Å²) in [5, 5.41) is 20.6. The summed E-state index contributed by atoms with van der Waals surface area (Å²) < 4.78 is 1.76. The SMILES string of the molecule is Cn1cc(-c2ccc(N(C(=O)NCc3ccccc3)[C@H]3CC[C@H](Nc4ncc(C#N)c(N5Cc6cccnc6C5)n4)CC3)nc2)cn1. The molecule has 2 aliphatic rings. The lowest BCUT2D eigenvalue weighted by Gasteiger charge is -2.36. The first kappa shape index (κ1) is 29.9. The number of amides is 2. The van der Waals surface area contributed by atoms with Crippen LogP contribution in [0.2, 0.25) is 0 Å². The third kappa shape index (κ3) is 6.60. The third-order valence-electron chi connectivity index (χ3n) is 8.81. The highest BCUT2D eigenvalue weighted by Crippen LogP contribution is 2.31. The van der Waals surface area contributed by atoms with E-state index in [9.17, 15) is 10.1 Å². The largest absolute Gasteiger partial charge is 0.351 e. The molecule has 7 rings (SSSR count). The summed E-state index contributed by atoms with van der Waals surface area (Å²) >= 11 is 0. The molecular weight excluding hydrogens is 590 g/mol. The first-order chi connectivity index (χ1) is 23.0. The Morgan fingerprint density at radius 2 is 1.81 bits per heavy atom. The Kier molecular flexibility index (Phi) is 8.43. The zero-order chi connectivity index (χ0) is 32.2. The number of aryl methyl sites for hydroxylation is 1. The molecule has 0 unspecified atom stereocenters. The zero-order valence-corrected chi connectivity index (χ0v) is 26.1. The predicted molar refractivity (Wildman–Crippen MR) is 178 cm³/mol. The number of benzene rings is 1. The van der Waals surface area contributed by atoms with Gasteiger partial charge in [-0.2, -0.15) is 15.3 Å². The number of fused-ring (bicyclic) bond motifs is 1. The molecule has 2 amide bonds. The quantitative estimate of drug-likeness (QED) is 0.238. The molecule has 1 fully saturated rings. The Bertz CT molecular complexity index is 1870. The number of hydrogen-bond acceptors (Lipinski definition) is 9. The van der Waals surface area contributed by atoms with Crippen LogP contribution in [0, 0.1) is 11.3 Å². The number of pyridine rings is 2. The molecule has 1 aliphatic heterocycles. The number of urea groups is 1. The molecule has 0 bridgehead atoms. The molecule has 12 heteroatoms. The second-order valence-corrected chi connectivity index (χ2v) is 12.0. The standard InChI is InChI=1S/C35H35N11O/c1-44-21-28(20-41-44)25-9-14-32(38-18-25)46(35(47)40-17-24-6-3-2-4-7-24)30-12-10-29(11-13-30)42-34-39-19-27(16-36)33(43-34)45-22-26-8-5-15-37-31(26)23-45/h2-9,14-15,18-21,29-30H,10-13,17,22-23H2,1H3,(H,40,47)(H,39,42,43)/t29-,30-. The molecule has 236 valence electrons. The van der Waals surface area contributed by atoms with Crippen LogP contribution < -0.4 is 20.4 Å². The van der Waals surface area contributed by atoms with E-state index in [2.05, 4.69) is 42.7 Å². The van der Waals surface area contributed by atoms with Crippen molar-refractivity contribution in [2.24, 2.45) is 7.05 Å². The molecule has 5 aromatic rings. The Hall–Kier alpha value is -5.83. The topological polar surface area (TPSA) is 141 Å². The average Bonchev–Trinajstić information content (AvgIpc) is 3.75. The Morgan fingerprint density at radius 1 is 0.957 bits per heavy atom. The fourth-order valence-electron chi connectivity index (χ4n) is 6.36. The Balaban J connectivity index is 1.04. The van der Waals surface area contributed by atoms with Crippen LogP contribution in [0.4, 0.5) is 22.4 Å². The van der Waals surface area contributed by atoms with Gasteiger partial charge in [0, 0.05) is 61.9 Å². The molecule has 2 N–H and O–H groups in total. The molecule has 47 heavy (non-hydrogen) atoms. The van der Waals surface area contributed by atoms with Crippen LogP contribution in [0.15, 0.2) is 85.6 Å². The van der Waals surface area contributed by atoms with E-state index in [0.717, 1.165) is 53.6 Å². The van der Waals surface area contributed by atoms with Crippen LogP contribution in [-0.4, -0.2) is 47.8 Å². The number of nitrogens with one attached hydrogen (secondary N) is 2. The molecule has 4 aromatic heterocycles. The lowest BCUT2D eigenvalue weighted by atomic mass is 9.90. The van der Waals surface area contributed by atoms with Gasteiger partial charge in [-0.05, 0) is 55.0 Å². The number of carbonyl (C=O) groups excluding carboxylic acids is 1. The lowest BCUT2D eigenvalue weighted by Crippen LogP contribution is -2.49. The maximum absolute atomic E-state index is 13.7. The fraction of sp³-hybridized carbons (Fsp3) is 0.286. The Morgan fingerprint density at radius 3 is 2.53 bits per heavy atom. The highest BCUT2D eigenvalue weighted by atomic mass is 16.2. The molecule has 12 nitrogen and oxygen atoms in total. The van der Waals surface area contributed by atoms with Gasteiger partial charge in [-0.1, -0.05) is 36.4 Å². The smallest absolute Gasteiger partial charge is 0.323 e. The van der Waals surface area contributed by atoms with E-state index in [1.165, 1.54) is 0 Å². The normalized spacial score (nSPS) is 17.1. The number of aromatic nitrogens is 6. The van der Waals surface area contributed by atoms with E-state index in [4.69, 9.17) is 9.97 Å². The number of hydrogen-bond donors (Lipinski definition) is 2. The average molecular weight is 626 g/mol. The maximum Gasteiger partial charge on any atom is 0.323 e. The van der Waals surface area contributed by atoms with E-state index in [1.54, 1.807) is 29.5 Å². The monoisotopic (exact) mass is 625 g/mol. The predicted octanol–water partition coefficient (Wildman–Crippen LogP) is 5.20. The van der Waals surface area contributed by atoms with E-state index < -0.39 is 0 Å². The minimum Gasteiger partial charge on any atom is -0.351 e. The number of carbonyl (C=O) groups is 1. The van der Waals surface area contributed by atoms with Crippen LogP contribution in [0.25, 0.3) is 11.1 Å². The fourth-order valence-corrected chi connectivity index (χ4v) is 6.36. The number of rotatable bonds is 8. The van der Waals surface area contributed by atoms with Gasteiger partial charge in [0.05, 0.1) is 24.6 Å². The van der Waals surface area contributed by atoms with Gasteiger partial charge in [-0.15, -0.1) is 0 Å². The van der Waals surface area contributed by atoms with Crippen LogP contribution in [-0.2, 0) is 26.7 Å². The van der Waals surface area contributed by atoms with Crippen molar-refractivity contribution in [1.82, 2.24) is 35.0 Å². The molecule has 0 atom stereocenters. The minimum atomic E-state index is -0.173. The second kappa shape index (κ2) is 13.3. The van der Waals surface area contributed by atoms with Crippen molar-refractivity contribution in [3.63, 3.8) is 0 Å². The number of nitriles is 1. The summed E-state index contributed by atoms with van der Waals surface area (Å²) in [4.78, 5) is 36.1. The molecule has 1 aliphatic carbocycles. The summed E-state index contributed by atoms with van der Waals surface area (Å²) in [6.07, 6.45) is 12.1. The first-order valence-electron chi connectivity index (χ1n) is 15.8.